The van der Waals surface area contributed by atoms with E-state index in [2.05, 4.69) is 6.07 Å². The smallest absolute Gasteiger partial charge is 0.269 e. The lowest BCUT2D eigenvalue weighted by Crippen LogP contribution is -2.60. The minimum Gasteiger partial charge on any atom is -0.483 e. The van der Waals surface area contributed by atoms with Gasteiger partial charge in [0, 0.05) is 31.9 Å². The van der Waals surface area contributed by atoms with E-state index in [1.54, 1.807) is 18.2 Å². The van der Waals surface area contributed by atoms with Crippen LogP contribution in [-0.4, -0.2) is 49.2 Å². The van der Waals surface area contributed by atoms with Crippen LogP contribution in [0.2, 0.25) is 0 Å². The summed E-state index contributed by atoms with van der Waals surface area (Å²) in [6.45, 7) is 0.0587. The normalized spacial score (nSPS) is 19.5. The van der Waals surface area contributed by atoms with Gasteiger partial charge < -0.3 is 24.1 Å². The number of methoxy groups -OCH3 is 2. The van der Waals surface area contributed by atoms with Gasteiger partial charge in [-0.15, -0.1) is 0 Å². The zero-order valence-corrected chi connectivity index (χ0v) is 15.9. The van der Waals surface area contributed by atoms with Crippen molar-refractivity contribution in [2.45, 2.75) is 17.8 Å². The van der Waals surface area contributed by atoms with Crippen molar-refractivity contribution in [2.24, 2.45) is 0 Å². The zero-order chi connectivity index (χ0) is 21.0. The first kappa shape index (κ1) is 20.5. The summed E-state index contributed by atoms with van der Waals surface area (Å²) in [5.74, 6) is 0.744. The standard InChI is InChI=1S/C20H20N2O7/c1-26-11-20(12-27-2)19(23)18(16-9-13(10-21)3-8-17(16)29-20)28-15-6-4-14(5-7-15)22(24)25/h3-9,18-19,23H,11-12H2,1-2H3/t18-,19+/m1/s1. The van der Waals surface area contributed by atoms with Gasteiger partial charge >= 0.3 is 0 Å². The molecule has 9 heteroatoms. The summed E-state index contributed by atoms with van der Waals surface area (Å²) in [5, 5.41) is 31.3. The van der Waals surface area contributed by atoms with Crippen LogP contribution in [0.1, 0.15) is 17.2 Å². The van der Waals surface area contributed by atoms with Crippen LogP contribution in [0.5, 0.6) is 11.5 Å². The first-order valence-corrected chi connectivity index (χ1v) is 8.74. The Hall–Kier alpha value is -3.19. The van der Waals surface area contributed by atoms with Gasteiger partial charge in [-0.05, 0) is 30.3 Å². The number of nitro benzene ring substituents is 1. The Morgan fingerprint density at radius 3 is 2.41 bits per heavy atom. The highest BCUT2D eigenvalue weighted by Gasteiger charge is 2.51. The number of aliphatic hydroxyl groups excluding tert-OH is 1. The summed E-state index contributed by atoms with van der Waals surface area (Å²) in [5.41, 5.74) is -0.457. The lowest BCUT2D eigenvalue weighted by atomic mass is 9.86. The molecule has 152 valence electrons. The van der Waals surface area contributed by atoms with Crippen LogP contribution in [0.4, 0.5) is 5.69 Å². The first-order chi connectivity index (χ1) is 13.9. The van der Waals surface area contributed by atoms with Gasteiger partial charge in [0.2, 0.25) is 0 Å². The summed E-state index contributed by atoms with van der Waals surface area (Å²) in [6, 6.07) is 12.4. The molecule has 0 aliphatic carbocycles. The molecule has 1 N–H and O–H groups in total. The van der Waals surface area contributed by atoms with Crippen LogP contribution in [-0.2, 0) is 9.47 Å². The number of benzene rings is 2. The van der Waals surface area contributed by atoms with E-state index in [1.165, 1.54) is 38.5 Å². The van der Waals surface area contributed by atoms with Crippen molar-refractivity contribution < 1.29 is 29.0 Å². The van der Waals surface area contributed by atoms with Crippen molar-refractivity contribution in [3.8, 4) is 17.6 Å². The largest absolute Gasteiger partial charge is 0.483 e. The van der Waals surface area contributed by atoms with E-state index < -0.39 is 22.7 Å². The van der Waals surface area contributed by atoms with Gasteiger partial charge in [-0.25, -0.2) is 0 Å². The molecule has 0 spiro atoms. The molecule has 0 radical (unpaired) electrons. The van der Waals surface area contributed by atoms with E-state index in [0.29, 0.717) is 22.6 Å². The van der Waals surface area contributed by atoms with Gasteiger partial charge in [0.15, 0.2) is 11.7 Å². The van der Waals surface area contributed by atoms with Crippen molar-refractivity contribution in [3.63, 3.8) is 0 Å². The van der Waals surface area contributed by atoms with Crippen molar-refractivity contribution in [2.75, 3.05) is 27.4 Å². The average molecular weight is 400 g/mol. The second kappa shape index (κ2) is 8.45. The number of hydrogen-bond acceptors (Lipinski definition) is 8. The SMILES string of the molecule is COCC1(COC)Oc2ccc(C#N)cc2[C@@H](Oc2ccc([N+](=O)[O-])cc2)[C@@H]1O. The molecule has 2 aromatic carbocycles. The van der Waals surface area contributed by atoms with Gasteiger partial charge in [0.1, 0.15) is 17.6 Å². The number of rotatable bonds is 7. The Bertz CT molecular complexity index is 917. The van der Waals surface area contributed by atoms with E-state index >= 15 is 0 Å². The fourth-order valence-electron chi connectivity index (χ4n) is 3.34. The summed E-state index contributed by atoms with van der Waals surface area (Å²) < 4.78 is 22.6. The number of aliphatic hydroxyl groups is 1. The minimum absolute atomic E-state index is 0.0293. The quantitative estimate of drug-likeness (QED) is 0.555. The number of nitriles is 1. The number of fused-ring (bicyclic) bond motifs is 1. The van der Waals surface area contributed by atoms with E-state index in [9.17, 15) is 20.5 Å². The molecule has 29 heavy (non-hydrogen) atoms. The van der Waals surface area contributed by atoms with E-state index in [1.807, 2.05) is 0 Å². The van der Waals surface area contributed by atoms with Gasteiger partial charge in [-0.3, -0.25) is 10.1 Å². The fraction of sp³-hybridized carbons (Fsp3) is 0.350. The summed E-state index contributed by atoms with van der Waals surface area (Å²) in [7, 11) is 2.96. The molecule has 9 nitrogen and oxygen atoms in total. The molecule has 0 saturated heterocycles. The molecular weight excluding hydrogens is 380 g/mol. The van der Waals surface area contributed by atoms with Crippen LogP contribution in [0, 0.1) is 21.4 Å². The molecule has 1 aliphatic heterocycles. The van der Waals surface area contributed by atoms with Crippen molar-refractivity contribution >= 4 is 5.69 Å². The average Bonchev–Trinajstić information content (AvgIpc) is 2.72. The molecule has 1 aliphatic rings. The maximum Gasteiger partial charge on any atom is 0.269 e. The Labute approximate surface area is 167 Å². The summed E-state index contributed by atoms with van der Waals surface area (Å²) in [6.07, 6.45) is -2.13. The molecule has 0 amide bonds. The maximum absolute atomic E-state index is 11.2. The molecule has 0 saturated carbocycles. The molecule has 1 heterocycles. The Balaban J connectivity index is 2.04. The summed E-state index contributed by atoms with van der Waals surface area (Å²) in [4.78, 5) is 10.4. The lowest BCUT2D eigenvalue weighted by Gasteiger charge is -2.45. The highest BCUT2D eigenvalue weighted by Crippen LogP contribution is 2.43. The van der Waals surface area contributed by atoms with Crippen molar-refractivity contribution in [1.82, 2.24) is 0 Å². The zero-order valence-electron chi connectivity index (χ0n) is 15.9. The molecule has 3 rings (SSSR count). The number of hydrogen-bond donors (Lipinski definition) is 1. The molecule has 0 bridgehead atoms. The molecule has 0 fully saturated rings. The van der Waals surface area contributed by atoms with Crippen LogP contribution in [0.15, 0.2) is 42.5 Å². The van der Waals surface area contributed by atoms with Crippen LogP contribution >= 0.6 is 0 Å². The third-order valence-electron chi connectivity index (χ3n) is 4.67. The predicted molar refractivity (Wildman–Crippen MR) is 101 cm³/mol. The van der Waals surface area contributed by atoms with E-state index in [-0.39, 0.29) is 18.9 Å². The van der Waals surface area contributed by atoms with Crippen LogP contribution in [0.25, 0.3) is 0 Å². The fourth-order valence-corrected chi connectivity index (χ4v) is 3.34. The Morgan fingerprint density at radius 1 is 1.21 bits per heavy atom. The third-order valence-corrected chi connectivity index (χ3v) is 4.67. The van der Waals surface area contributed by atoms with Gasteiger partial charge in [-0.2, -0.15) is 5.26 Å². The number of nitro groups is 1. The number of nitrogens with zero attached hydrogens (tertiary/aromatic N) is 2. The maximum atomic E-state index is 11.2. The first-order valence-electron chi connectivity index (χ1n) is 8.74. The predicted octanol–water partition coefficient (Wildman–Crippen LogP) is 2.37. The molecular formula is C20H20N2O7. The Kier molecular flexibility index (Phi) is 5.98. The number of non-ortho nitro benzene ring substituents is 1. The Morgan fingerprint density at radius 2 is 1.86 bits per heavy atom. The molecule has 0 unspecified atom stereocenters. The third kappa shape index (κ3) is 4.00. The van der Waals surface area contributed by atoms with Gasteiger partial charge in [0.05, 0.1) is 29.8 Å². The summed E-state index contributed by atoms with van der Waals surface area (Å²) >= 11 is 0. The van der Waals surface area contributed by atoms with Crippen LogP contribution < -0.4 is 9.47 Å². The minimum atomic E-state index is -1.24. The monoisotopic (exact) mass is 400 g/mol. The van der Waals surface area contributed by atoms with E-state index in [0.717, 1.165) is 0 Å². The second-order valence-electron chi connectivity index (χ2n) is 6.63. The van der Waals surface area contributed by atoms with Gasteiger partial charge in [-0.1, -0.05) is 0 Å². The van der Waals surface area contributed by atoms with Gasteiger partial charge in [0.25, 0.3) is 5.69 Å². The van der Waals surface area contributed by atoms with Crippen molar-refractivity contribution in [1.29, 1.82) is 5.26 Å². The highest BCUT2D eigenvalue weighted by molar-refractivity contribution is 5.47. The lowest BCUT2D eigenvalue weighted by molar-refractivity contribution is -0.384. The second-order valence-corrected chi connectivity index (χ2v) is 6.63. The molecule has 0 aromatic heterocycles. The molecule has 2 aromatic rings. The molecule has 2 atom stereocenters. The number of ether oxygens (including phenoxy) is 4. The van der Waals surface area contributed by atoms with E-state index in [4.69, 9.17) is 18.9 Å². The van der Waals surface area contributed by atoms with Crippen molar-refractivity contribution in [3.05, 3.63) is 63.7 Å². The van der Waals surface area contributed by atoms with Crippen LogP contribution in [0.3, 0.4) is 0 Å². The highest BCUT2D eigenvalue weighted by atomic mass is 16.6. The topological polar surface area (TPSA) is 124 Å².